The normalized spacial score (nSPS) is 38.5. The molecule has 1 heterocycles. The standard InChI is InChI=1S/C16H32N2/c1-12(2)18-9-8-15(11-18)10-17-16-13(3)6-5-7-14(16)4/h12-17H,5-11H2,1-4H3. The average Bonchev–Trinajstić information content (AvgIpc) is 2.77. The predicted octanol–water partition coefficient (Wildman–Crippen LogP) is 3.13. The molecule has 2 nitrogen and oxygen atoms in total. The fourth-order valence-electron chi connectivity index (χ4n) is 3.89. The van der Waals surface area contributed by atoms with Crippen molar-refractivity contribution < 1.29 is 0 Å². The molecule has 2 heteroatoms. The van der Waals surface area contributed by atoms with Gasteiger partial charge in [0.25, 0.3) is 0 Å². The average molecular weight is 252 g/mol. The third kappa shape index (κ3) is 3.48. The summed E-state index contributed by atoms with van der Waals surface area (Å²) >= 11 is 0. The van der Waals surface area contributed by atoms with Gasteiger partial charge < -0.3 is 10.2 Å². The number of nitrogens with one attached hydrogen (secondary N) is 1. The second-order valence-corrected chi connectivity index (χ2v) is 7.06. The molecule has 3 atom stereocenters. The van der Waals surface area contributed by atoms with Gasteiger partial charge in [0.05, 0.1) is 0 Å². The summed E-state index contributed by atoms with van der Waals surface area (Å²) in [6.07, 6.45) is 5.67. The molecule has 1 N–H and O–H groups in total. The molecule has 3 unspecified atom stereocenters. The first-order chi connectivity index (χ1) is 8.58. The number of rotatable bonds is 4. The van der Waals surface area contributed by atoms with Crippen LogP contribution in [0.15, 0.2) is 0 Å². The smallest absolute Gasteiger partial charge is 0.0118 e. The van der Waals surface area contributed by atoms with E-state index >= 15 is 0 Å². The van der Waals surface area contributed by atoms with Crippen molar-refractivity contribution in [2.75, 3.05) is 19.6 Å². The summed E-state index contributed by atoms with van der Waals surface area (Å²) in [6, 6.07) is 1.49. The molecule has 2 fully saturated rings. The summed E-state index contributed by atoms with van der Waals surface area (Å²) < 4.78 is 0. The van der Waals surface area contributed by atoms with Crippen LogP contribution in [0.1, 0.15) is 53.4 Å². The van der Waals surface area contributed by atoms with Crippen LogP contribution >= 0.6 is 0 Å². The first-order valence-corrected chi connectivity index (χ1v) is 8.05. The molecule has 1 aliphatic carbocycles. The zero-order valence-electron chi connectivity index (χ0n) is 12.8. The zero-order chi connectivity index (χ0) is 13.1. The molecule has 1 saturated heterocycles. The van der Waals surface area contributed by atoms with Crippen LogP contribution in [-0.2, 0) is 0 Å². The second kappa shape index (κ2) is 6.38. The molecule has 0 aromatic carbocycles. The Morgan fingerprint density at radius 3 is 2.33 bits per heavy atom. The van der Waals surface area contributed by atoms with Gasteiger partial charge in [-0.25, -0.2) is 0 Å². The van der Waals surface area contributed by atoms with Crippen LogP contribution in [0.2, 0.25) is 0 Å². The quantitative estimate of drug-likeness (QED) is 0.827. The Morgan fingerprint density at radius 1 is 1.11 bits per heavy atom. The summed E-state index contributed by atoms with van der Waals surface area (Å²) in [5.74, 6) is 2.63. The summed E-state index contributed by atoms with van der Waals surface area (Å²) in [6.45, 7) is 13.4. The van der Waals surface area contributed by atoms with Crippen molar-refractivity contribution in [3.8, 4) is 0 Å². The van der Waals surface area contributed by atoms with Gasteiger partial charge in [-0.2, -0.15) is 0 Å². The molecule has 0 bridgehead atoms. The van der Waals surface area contributed by atoms with Crippen LogP contribution < -0.4 is 5.32 Å². The van der Waals surface area contributed by atoms with Crippen molar-refractivity contribution in [1.82, 2.24) is 10.2 Å². The molecule has 0 aromatic heterocycles. The SMILES string of the molecule is CC1CCCC(C)C1NCC1CCN(C(C)C)C1. The van der Waals surface area contributed by atoms with Gasteiger partial charge in [-0.15, -0.1) is 0 Å². The largest absolute Gasteiger partial charge is 0.313 e. The van der Waals surface area contributed by atoms with Crippen molar-refractivity contribution in [3.63, 3.8) is 0 Å². The van der Waals surface area contributed by atoms with Crippen molar-refractivity contribution in [3.05, 3.63) is 0 Å². The van der Waals surface area contributed by atoms with E-state index in [0.717, 1.165) is 29.8 Å². The predicted molar refractivity (Wildman–Crippen MR) is 78.8 cm³/mol. The van der Waals surface area contributed by atoms with Crippen molar-refractivity contribution >= 4 is 0 Å². The molecule has 0 amide bonds. The van der Waals surface area contributed by atoms with E-state index < -0.39 is 0 Å². The first-order valence-electron chi connectivity index (χ1n) is 8.05. The monoisotopic (exact) mass is 252 g/mol. The van der Waals surface area contributed by atoms with E-state index in [-0.39, 0.29) is 0 Å². The summed E-state index contributed by atoms with van der Waals surface area (Å²) in [7, 11) is 0. The summed E-state index contributed by atoms with van der Waals surface area (Å²) in [4.78, 5) is 2.63. The topological polar surface area (TPSA) is 15.3 Å². The fraction of sp³-hybridized carbons (Fsp3) is 1.00. The van der Waals surface area contributed by atoms with E-state index in [1.54, 1.807) is 0 Å². The van der Waals surface area contributed by atoms with E-state index in [9.17, 15) is 0 Å². The number of likely N-dealkylation sites (tertiary alicyclic amines) is 1. The van der Waals surface area contributed by atoms with Crippen LogP contribution in [0.5, 0.6) is 0 Å². The minimum Gasteiger partial charge on any atom is -0.313 e. The van der Waals surface area contributed by atoms with Crippen molar-refractivity contribution in [2.45, 2.75) is 65.5 Å². The van der Waals surface area contributed by atoms with Gasteiger partial charge in [-0.3, -0.25) is 0 Å². The van der Waals surface area contributed by atoms with Gasteiger partial charge in [0.1, 0.15) is 0 Å². The zero-order valence-corrected chi connectivity index (χ0v) is 12.8. The van der Waals surface area contributed by atoms with Crippen LogP contribution in [0, 0.1) is 17.8 Å². The highest BCUT2D eigenvalue weighted by molar-refractivity contribution is 4.86. The maximum absolute atomic E-state index is 3.90. The van der Waals surface area contributed by atoms with Gasteiger partial charge in [-0.05, 0) is 64.0 Å². The second-order valence-electron chi connectivity index (χ2n) is 7.06. The summed E-state index contributed by atoms with van der Waals surface area (Å²) in [5.41, 5.74) is 0. The Labute approximate surface area is 114 Å². The first kappa shape index (κ1) is 14.3. The molecule has 2 rings (SSSR count). The maximum Gasteiger partial charge on any atom is 0.0118 e. The summed E-state index contributed by atoms with van der Waals surface area (Å²) in [5, 5.41) is 3.90. The highest BCUT2D eigenvalue weighted by atomic mass is 15.2. The minimum atomic E-state index is 0.725. The van der Waals surface area contributed by atoms with Crippen molar-refractivity contribution in [1.29, 1.82) is 0 Å². The molecule has 0 spiro atoms. The molecule has 1 aliphatic heterocycles. The van der Waals surface area contributed by atoms with Gasteiger partial charge in [0.15, 0.2) is 0 Å². The van der Waals surface area contributed by atoms with Crippen LogP contribution in [-0.4, -0.2) is 36.6 Å². The third-order valence-corrected chi connectivity index (χ3v) is 5.23. The molecule has 0 radical (unpaired) electrons. The fourth-order valence-corrected chi connectivity index (χ4v) is 3.89. The Bertz CT molecular complexity index is 241. The van der Waals surface area contributed by atoms with E-state index in [4.69, 9.17) is 0 Å². The van der Waals surface area contributed by atoms with Crippen LogP contribution in [0.25, 0.3) is 0 Å². The highest BCUT2D eigenvalue weighted by Gasteiger charge is 2.29. The van der Waals surface area contributed by atoms with E-state index in [1.165, 1.54) is 45.3 Å². The molecular weight excluding hydrogens is 220 g/mol. The molecular formula is C16H32N2. The Morgan fingerprint density at radius 2 is 1.78 bits per heavy atom. The number of nitrogens with zero attached hydrogens (tertiary/aromatic N) is 1. The Hall–Kier alpha value is -0.0800. The van der Waals surface area contributed by atoms with Crippen molar-refractivity contribution in [2.24, 2.45) is 17.8 Å². The van der Waals surface area contributed by atoms with Gasteiger partial charge >= 0.3 is 0 Å². The number of hydrogen-bond acceptors (Lipinski definition) is 2. The Balaban J connectivity index is 1.74. The highest BCUT2D eigenvalue weighted by Crippen LogP contribution is 2.29. The van der Waals surface area contributed by atoms with Gasteiger partial charge in [0, 0.05) is 18.6 Å². The third-order valence-electron chi connectivity index (χ3n) is 5.23. The van der Waals surface area contributed by atoms with Gasteiger partial charge in [-0.1, -0.05) is 20.3 Å². The van der Waals surface area contributed by atoms with Gasteiger partial charge in [0.2, 0.25) is 0 Å². The van der Waals surface area contributed by atoms with E-state index in [2.05, 4.69) is 37.9 Å². The van der Waals surface area contributed by atoms with Crippen LogP contribution in [0.4, 0.5) is 0 Å². The lowest BCUT2D eigenvalue weighted by Gasteiger charge is -2.36. The van der Waals surface area contributed by atoms with Crippen LogP contribution in [0.3, 0.4) is 0 Å². The molecule has 1 saturated carbocycles. The van der Waals surface area contributed by atoms with E-state index in [0.29, 0.717) is 0 Å². The molecule has 2 aliphatic rings. The minimum absolute atomic E-state index is 0.725. The Kier molecular flexibility index (Phi) is 5.08. The van der Waals surface area contributed by atoms with E-state index in [1.807, 2.05) is 0 Å². The molecule has 0 aromatic rings. The lowest BCUT2D eigenvalue weighted by molar-refractivity contribution is 0.199. The molecule has 18 heavy (non-hydrogen) atoms. The lowest BCUT2D eigenvalue weighted by atomic mass is 9.78. The lowest BCUT2D eigenvalue weighted by Crippen LogP contribution is -2.45. The number of hydrogen-bond donors (Lipinski definition) is 1. The maximum atomic E-state index is 3.90. The molecule has 106 valence electrons.